The maximum absolute atomic E-state index is 12.6. The highest BCUT2D eigenvalue weighted by atomic mass is 16.1. The number of unbranched alkanes of at least 4 members (excludes halogenated alkanes) is 12. The molecule has 166 valence electrons. The summed E-state index contributed by atoms with van der Waals surface area (Å²) in [5, 5.41) is 0. The molecule has 0 heterocycles. The molecule has 0 aromatic heterocycles. The summed E-state index contributed by atoms with van der Waals surface area (Å²) >= 11 is 0. The van der Waals surface area contributed by atoms with Crippen LogP contribution in [-0.4, -0.2) is 17.2 Å². The summed E-state index contributed by atoms with van der Waals surface area (Å²) in [5.74, 6) is -0.639. The molecule has 0 aromatic carbocycles. The van der Waals surface area contributed by atoms with Gasteiger partial charge in [0.25, 0.3) is 0 Å². The molecule has 0 saturated carbocycles. The van der Waals surface area contributed by atoms with Gasteiger partial charge in [0.05, 0.1) is 5.92 Å². The lowest BCUT2D eigenvalue weighted by Crippen LogP contribution is -2.63. The molecule has 4 N–H and O–H groups in total. The maximum atomic E-state index is 12.6. The van der Waals surface area contributed by atoms with Crippen LogP contribution in [0, 0.1) is 5.92 Å². The van der Waals surface area contributed by atoms with Crippen molar-refractivity contribution in [2.45, 2.75) is 136 Å². The maximum Gasteiger partial charge on any atom is 0.167 e. The van der Waals surface area contributed by atoms with E-state index in [9.17, 15) is 9.59 Å². The van der Waals surface area contributed by atoms with Crippen molar-refractivity contribution in [3.63, 3.8) is 0 Å². The molecular weight excluding hydrogens is 348 g/mol. The minimum Gasteiger partial charge on any atom is -0.307 e. The minimum absolute atomic E-state index is 0.0639. The van der Waals surface area contributed by atoms with Crippen molar-refractivity contribution < 1.29 is 9.59 Å². The molecule has 0 fully saturated rings. The predicted molar refractivity (Wildman–Crippen MR) is 120 cm³/mol. The second-order valence-electron chi connectivity index (χ2n) is 8.53. The number of nitrogens with two attached hydrogens (primary N) is 2. The number of Topliss-reactive ketones (excluding diaryl/α,β-unsaturated/α-hetero) is 2. The molecule has 0 bridgehead atoms. The number of rotatable bonds is 20. The second-order valence-corrected chi connectivity index (χ2v) is 8.53. The van der Waals surface area contributed by atoms with Gasteiger partial charge in [-0.05, 0) is 19.3 Å². The van der Waals surface area contributed by atoms with Crippen LogP contribution < -0.4 is 11.5 Å². The number of hydrogen-bond donors (Lipinski definition) is 2. The zero-order chi connectivity index (χ0) is 21.3. The Bertz CT molecular complexity index is 407. The van der Waals surface area contributed by atoms with Gasteiger partial charge in [0.1, 0.15) is 11.4 Å². The van der Waals surface area contributed by atoms with E-state index in [1.165, 1.54) is 57.8 Å². The lowest BCUT2D eigenvalue weighted by Gasteiger charge is -2.31. The summed E-state index contributed by atoms with van der Waals surface area (Å²) < 4.78 is 0. The third kappa shape index (κ3) is 12.0. The van der Waals surface area contributed by atoms with Crippen molar-refractivity contribution >= 4 is 11.6 Å². The average Bonchev–Trinajstić information content (AvgIpc) is 2.66. The Hall–Kier alpha value is -0.740. The van der Waals surface area contributed by atoms with Gasteiger partial charge in [-0.25, -0.2) is 0 Å². The molecule has 0 saturated heterocycles. The fourth-order valence-electron chi connectivity index (χ4n) is 3.92. The molecule has 0 aromatic rings. The van der Waals surface area contributed by atoms with Crippen LogP contribution in [0.15, 0.2) is 0 Å². The quantitative estimate of drug-likeness (QED) is 0.194. The van der Waals surface area contributed by atoms with Crippen LogP contribution in [0.4, 0.5) is 0 Å². The molecule has 0 spiro atoms. The van der Waals surface area contributed by atoms with Gasteiger partial charge in [-0.1, -0.05) is 97.8 Å². The molecule has 0 aliphatic rings. The zero-order valence-electron chi connectivity index (χ0n) is 19.1. The molecule has 0 aliphatic heterocycles. The highest BCUT2D eigenvalue weighted by Gasteiger charge is 2.40. The van der Waals surface area contributed by atoms with Gasteiger partial charge in [-0.3, -0.25) is 9.59 Å². The highest BCUT2D eigenvalue weighted by molar-refractivity contribution is 5.95. The molecule has 1 atom stereocenters. The third-order valence-electron chi connectivity index (χ3n) is 5.89. The van der Waals surface area contributed by atoms with E-state index >= 15 is 0 Å². The Kier molecular flexibility index (Phi) is 16.7. The Labute approximate surface area is 174 Å². The number of ketones is 2. The van der Waals surface area contributed by atoms with Gasteiger partial charge in [-0.2, -0.15) is 0 Å². The predicted octanol–water partition coefficient (Wildman–Crippen LogP) is 6.05. The molecule has 4 heteroatoms. The molecule has 4 nitrogen and oxygen atoms in total. The van der Waals surface area contributed by atoms with Gasteiger partial charge in [-0.15, -0.1) is 0 Å². The largest absolute Gasteiger partial charge is 0.307 e. The first-order valence-electron chi connectivity index (χ1n) is 12.0. The number of hydrogen-bond acceptors (Lipinski definition) is 4. The third-order valence-corrected chi connectivity index (χ3v) is 5.89. The Morgan fingerprint density at radius 1 is 0.643 bits per heavy atom. The van der Waals surface area contributed by atoms with Crippen molar-refractivity contribution in [3.8, 4) is 0 Å². The van der Waals surface area contributed by atoms with Crippen molar-refractivity contribution in [1.82, 2.24) is 0 Å². The van der Waals surface area contributed by atoms with E-state index in [0.717, 1.165) is 32.1 Å². The van der Waals surface area contributed by atoms with Gasteiger partial charge < -0.3 is 11.5 Å². The van der Waals surface area contributed by atoms with Gasteiger partial charge in [0, 0.05) is 12.8 Å². The van der Waals surface area contributed by atoms with Crippen molar-refractivity contribution in [1.29, 1.82) is 0 Å². The van der Waals surface area contributed by atoms with Gasteiger partial charge in [0.2, 0.25) is 0 Å². The van der Waals surface area contributed by atoms with Crippen LogP contribution in [-0.2, 0) is 9.59 Å². The molecular formula is C24H48N2O2. The first kappa shape index (κ1) is 27.3. The molecule has 1 unspecified atom stereocenters. The van der Waals surface area contributed by atoms with Crippen LogP contribution in [0.3, 0.4) is 0 Å². The summed E-state index contributed by atoms with van der Waals surface area (Å²) in [5.41, 5.74) is 10.9. The number of carbonyl (C=O) groups is 2. The second kappa shape index (κ2) is 17.1. The first-order valence-corrected chi connectivity index (χ1v) is 12.0. The normalized spacial score (nSPS) is 12.9. The first-order chi connectivity index (χ1) is 13.4. The van der Waals surface area contributed by atoms with Crippen LogP contribution in [0.2, 0.25) is 0 Å². The van der Waals surface area contributed by atoms with Crippen LogP contribution in [0.5, 0.6) is 0 Å². The lowest BCUT2D eigenvalue weighted by molar-refractivity contribution is -0.134. The summed E-state index contributed by atoms with van der Waals surface area (Å²) in [6.45, 7) is 6.33. The van der Waals surface area contributed by atoms with Gasteiger partial charge in [0.15, 0.2) is 5.78 Å². The minimum atomic E-state index is -1.50. The highest BCUT2D eigenvalue weighted by Crippen LogP contribution is 2.22. The van der Waals surface area contributed by atoms with Crippen LogP contribution in [0.1, 0.15) is 130 Å². The van der Waals surface area contributed by atoms with Crippen molar-refractivity contribution in [2.75, 3.05) is 0 Å². The fourth-order valence-corrected chi connectivity index (χ4v) is 3.92. The van der Waals surface area contributed by atoms with E-state index in [2.05, 4.69) is 13.8 Å². The molecule has 0 aliphatic carbocycles. The van der Waals surface area contributed by atoms with E-state index in [1.807, 2.05) is 6.92 Å². The summed E-state index contributed by atoms with van der Waals surface area (Å²) in [7, 11) is 0. The zero-order valence-corrected chi connectivity index (χ0v) is 19.1. The van der Waals surface area contributed by atoms with Gasteiger partial charge >= 0.3 is 0 Å². The van der Waals surface area contributed by atoms with Crippen molar-refractivity contribution in [3.05, 3.63) is 0 Å². The summed E-state index contributed by atoms with van der Waals surface area (Å²) in [6.07, 6.45) is 17.7. The fraction of sp³-hybridized carbons (Fsp3) is 0.917. The Balaban J connectivity index is 4.19. The molecule has 0 radical (unpaired) electrons. The molecule has 0 amide bonds. The standard InChI is InChI=1S/C24H48N2O2/c1-4-7-9-11-13-15-17-19-22(27)21(6-3)24(25,26)23(28)20-18-16-14-12-10-8-5-2/h21H,4-20,25-26H2,1-3H3. The van der Waals surface area contributed by atoms with Crippen LogP contribution >= 0.6 is 0 Å². The van der Waals surface area contributed by atoms with E-state index in [1.54, 1.807) is 0 Å². The Morgan fingerprint density at radius 2 is 1.04 bits per heavy atom. The van der Waals surface area contributed by atoms with E-state index in [4.69, 9.17) is 11.5 Å². The lowest BCUT2D eigenvalue weighted by atomic mass is 9.81. The molecule has 28 heavy (non-hydrogen) atoms. The SMILES string of the molecule is CCCCCCCCCC(=O)C(CC)C(N)(N)C(=O)CCCCCCCCC. The smallest absolute Gasteiger partial charge is 0.167 e. The van der Waals surface area contributed by atoms with Crippen LogP contribution in [0.25, 0.3) is 0 Å². The Morgan fingerprint density at radius 3 is 1.46 bits per heavy atom. The van der Waals surface area contributed by atoms with Crippen molar-refractivity contribution in [2.24, 2.45) is 17.4 Å². The number of carbonyl (C=O) groups excluding carboxylic acids is 2. The van der Waals surface area contributed by atoms with E-state index in [0.29, 0.717) is 19.3 Å². The van der Waals surface area contributed by atoms with E-state index < -0.39 is 11.6 Å². The molecule has 0 rings (SSSR count). The topological polar surface area (TPSA) is 86.2 Å². The average molecular weight is 397 g/mol. The monoisotopic (exact) mass is 396 g/mol. The van der Waals surface area contributed by atoms with E-state index in [-0.39, 0.29) is 11.6 Å². The summed E-state index contributed by atoms with van der Waals surface area (Å²) in [4.78, 5) is 25.2. The summed E-state index contributed by atoms with van der Waals surface area (Å²) in [6, 6.07) is 0.